The molecular formula is C19H27IN4O3. The van der Waals surface area contributed by atoms with Gasteiger partial charge in [-0.3, -0.25) is 4.99 Å². The molecule has 2 rings (SSSR count). The first-order chi connectivity index (χ1) is 12.7. The number of nitrogens with one attached hydrogen (secondary N) is 2. The number of pyridine rings is 1. The summed E-state index contributed by atoms with van der Waals surface area (Å²) in [5.74, 6) is 2.72. The summed E-state index contributed by atoms with van der Waals surface area (Å²) in [6.07, 6.45) is 1.71. The molecule has 1 unspecified atom stereocenters. The van der Waals surface area contributed by atoms with E-state index in [1.54, 1.807) is 27.5 Å². The fourth-order valence-electron chi connectivity index (χ4n) is 2.26. The van der Waals surface area contributed by atoms with E-state index < -0.39 is 0 Å². The minimum atomic E-state index is -0.0625. The second-order valence-corrected chi connectivity index (χ2v) is 5.59. The summed E-state index contributed by atoms with van der Waals surface area (Å²) in [6, 6.07) is 11.4. The number of aromatic nitrogens is 1. The molecular weight excluding hydrogens is 459 g/mol. The van der Waals surface area contributed by atoms with Crippen molar-refractivity contribution < 1.29 is 14.2 Å². The first kappa shape index (κ1) is 22.8. The second-order valence-electron chi connectivity index (χ2n) is 5.59. The molecule has 1 heterocycles. The van der Waals surface area contributed by atoms with Crippen LogP contribution in [0, 0.1) is 0 Å². The highest BCUT2D eigenvalue weighted by Crippen LogP contribution is 2.26. The number of halogens is 1. The summed E-state index contributed by atoms with van der Waals surface area (Å²) in [5, 5.41) is 6.49. The predicted molar refractivity (Wildman–Crippen MR) is 117 cm³/mol. The number of guanidine groups is 1. The Balaban J connectivity index is 0.00000364. The maximum atomic E-state index is 5.93. The normalized spacial score (nSPS) is 11.8. The van der Waals surface area contributed by atoms with E-state index in [0.717, 1.165) is 11.3 Å². The molecule has 1 aromatic heterocycles. The Hall–Kier alpha value is -2.23. The molecule has 2 aromatic rings. The van der Waals surface area contributed by atoms with Crippen molar-refractivity contribution in [2.45, 2.75) is 19.6 Å². The minimum absolute atomic E-state index is 0. The van der Waals surface area contributed by atoms with Gasteiger partial charge in [-0.25, -0.2) is 4.98 Å². The summed E-state index contributed by atoms with van der Waals surface area (Å²) in [5.41, 5.74) is 1.03. The van der Waals surface area contributed by atoms with E-state index in [4.69, 9.17) is 14.2 Å². The van der Waals surface area contributed by atoms with Crippen LogP contribution in [0.15, 0.2) is 47.6 Å². The van der Waals surface area contributed by atoms with Gasteiger partial charge in [0.25, 0.3) is 0 Å². The van der Waals surface area contributed by atoms with Gasteiger partial charge in [-0.05, 0) is 24.6 Å². The molecule has 0 radical (unpaired) electrons. The molecule has 1 atom stereocenters. The Morgan fingerprint density at radius 1 is 1.07 bits per heavy atom. The molecule has 148 valence electrons. The lowest BCUT2D eigenvalue weighted by Crippen LogP contribution is -2.41. The number of nitrogens with zero attached hydrogens (tertiary/aromatic N) is 2. The van der Waals surface area contributed by atoms with Crippen LogP contribution in [0.5, 0.6) is 17.4 Å². The van der Waals surface area contributed by atoms with E-state index in [9.17, 15) is 0 Å². The molecule has 8 heteroatoms. The van der Waals surface area contributed by atoms with Gasteiger partial charge >= 0.3 is 0 Å². The van der Waals surface area contributed by atoms with Crippen molar-refractivity contribution >= 4 is 29.9 Å². The van der Waals surface area contributed by atoms with Gasteiger partial charge < -0.3 is 24.8 Å². The van der Waals surface area contributed by atoms with Crippen LogP contribution in [0.1, 0.15) is 12.5 Å². The van der Waals surface area contributed by atoms with Crippen LogP contribution >= 0.6 is 24.0 Å². The van der Waals surface area contributed by atoms with Crippen LogP contribution in [-0.2, 0) is 6.54 Å². The predicted octanol–water partition coefficient (Wildman–Crippen LogP) is 2.85. The lowest BCUT2D eigenvalue weighted by Gasteiger charge is -2.19. The van der Waals surface area contributed by atoms with Gasteiger partial charge in [-0.15, -0.1) is 24.0 Å². The molecule has 0 saturated heterocycles. The van der Waals surface area contributed by atoms with Crippen LogP contribution in [0.25, 0.3) is 0 Å². The molecule has 2 N–H and O–H groups in total. The van der Waals surface area contributed by atoms with Crippen molar-refractivity contribution in [3.8, 4) is 17.4 Å². The first-order valence-electron chi connectivity index (χ1n) is 8.39. The number of aliphatic imine (C=N–C) groups is 1. The first-order valence-corrected chi connectivity index (χ1v) is 8.39. The van der Waals surface area contributed by atoms with Gasteiger partial charge in [-0.2, -0.15) is 0 Å². The topological polar surface area (TPSA) is 77.0 Å². The largest absolute Gasteiger partial charge is 0.493 e. The molecule has 0 fully saturated rings. The highest BCUT2D eigenvalue weighted by molar-refractivity contribution is 14.0. The fourth-order valence-corrected chi connectivity index (χ4v) is 2.26. The van der Waals surface area contributed by atoms with Gasteiger partial charge in [-0.1, -0.05) is 18.2 Å². The van der Waals surface area contributed by atoms with E-state index >= 15 is 0 Å². The second kappa shape index (κ2) is 12.2. The van der Waals surface area contributed by atoms with Crippen molar-refractivity contribution in [2.75, 3.05) is 27.8 Å². The Kier molecular flexibility index (Phi) is 10.3. The van der Waals surface area contributed by atoms with Gasteiger partial charge in [0.15, 0.2) is 17.5 Å². The van der Waals surface area contributed by atoms with Crippen LogP contribution in [0.2, 0.25) is 0 Å². The molecule has 0 aliphatic heterocycles. The monoisotopic (exact) mass is 486 g/mol. The quantitative estimate of drug-likeness (QED) is 0.340. The van der Waals surface area contributed by atoms with Crippen LogP contribution in [0.4, 0.5) is 0 Å². The third kappa shape index (κ3) is 7.49. The summed E-state index contributed by atoms with van der Waals surface area (Å²) in [4.78, 5) is 8.40. The molecule has 0 bridgehead atoms. The smallest absolute Gasteiger partial charge is 0.212 e. The van der Waals surface area contributed by atoms with Crippen molar-refractivity contribution in [3.05, 3.63) is 48.2 Å². The van der Waals surface area contributed by atoms with E-state index in [2.05, 4.69) is 20.6 Å². The van der Waals surface area contributed by atoms with Crippen molar-refractivity contribution in [3.63, 3.8) is 0 Å². The summed E-state index contributed by atoms with van der Waals surface area (Å²) >= 11 is 0. The lowest BCUT2D eigenvalue weighted by atomic mass is 10.3. The minimum Gasteiger partial charge on any atom is -0.493 e. The number of methoxy groups -OCH3 is 2. The number of ether oxygens (including phenoxy) is 3. The van der Waals surface area contributed by atoms with Crippen molar-refractivity contribution in [1.29, 1.82) is 0 Å². The zero-order chi connectivity index (χ0) is 18.8. The average molecular weight is 486 g/mol. The highest BCUT2D eigenvalue weighted by Gasteiger charge is 2.09. The number of benzene rings is 1. The standard InChI is InChI=1S/C19H26N4O3.HI/c1-14(26-17-8-6-5-7-16(17)24-3)11-22-19(20-2)23-13-15-9-10-18(25-4)21-12-15;/h5-10,12,14H,11,13H2,1-4H3,(H2,20,22,23);1H. The number of hydrogen-bond acceptors (Lipinski definition) is 5. The van der Waals surface area contributed by atoms with Gasteiger partial charge in [0.05, 0.1) is 20.8 Å². The molecule has 0 aliphatic carbocycles. The molecule has 7 nitrogen and oxygen atoms in total. The van der Waals surface area contributed by atoms with E-state index in [1.165, 1.54) is 0 Å². The SMILES string of the molecule is CN=C(NCc1ccc(OC)nc1)NCC(C)Oc1ccccc1OC.I. The molecule has 0 saturated carbocycles. The molecule has 1 aromatic carbocycles. The zero-order valence-corrected chi connectivity index (χ0v) is 18.4. The third-order valence-corrected chi connectivity index (χ3v) is 3.64. The Morgan fingerprint density at radius 3 is 2.41 bits per heavy atom. The molecule has 27 heavy (non-hydrogen) atoms. The fraction of sp³-hybridized carbons (Fsp3) is 0.368. The van der Waals surface area contributed by atoms with Crippen molar-refractivity contribution in [1.82, 2.24) is 15.6 Å². The molecule has 0 aliphatic rings. The Morgan fingerprint density at radius 2 is 1.81 bits per heavy atom. The van der Waals surface area contributed by atoms with Crippen LogP contribution in [0.3, 0.4) is 0 Å². The number of rotatable bonds is 8. The molecule has 0 spiro atoms. The van der Waals surface area contributed by atoms with E-state index in [1.807, 2.05) is 43.3 Å². The lowest BCUT2D eigenvalue weighted by molar-refractivity contribution is 0.213. The maximum Gasteiger partial charge on any atom is 0.212 e. The Bertz CT molecular complexity index is 710. The van der Waals surface area contributed by atoms with E-state index in [0.29, 0.717) is 30.7 Å². The molecule has 0 amide bonds. The van der Waals surface area contributed by atoms with Crippen LogP contribution < -0.4 is 24.8 Å². The van der Waals surface area contributed by atoms with E-state index in [-0.39, 0.29) is 30.1 Å². The highest BCUT2D eigenvalue weighted by atomic mass is 127. The number of hydrogen-bond donors (Lipinski definition) is 2. The summed E-state index contributed by atoms with van der Waals surface area (Å²) in [6.45, 7) is 3.19. The number of para-hydroxylation sites is 2. The van der Waals surface area contributed by atoms with Gasteiger partial charge in [0.2, 0.25) is 5.88 Å². The Labute approximate surface area is 177 Å². The van der Waals surface area contributed by atoms with Gasteiger partial charge in [0, 0.05) is 25.9 Å². The zero-order valence-electron chi connectivity index (χ0n) is 16.1. The summed E-state index contributed by atoms with van der Waals surface area (Å²) in [7, 11) is 4.96. The third-order valence-electron chi connectivity index (χ3n) is 3.64. The van der Waals surface area contributed by atoms with Gasteiger partial charge in [0.1, 0.15) is 6.10 Å². The maximum absolute atomic E-state index is 5.93. The average Bonchev–Trinajstić information content (AvgIpc) is 2.69. The summed E-state index contributed by atoms with van der Waals surface area (Å²) < 4.78 is 16.3. The van der Waals surface area contributed by atoms with Crippen molar-refractivity contribution in [2.24, 2.45) is 4.99 Å². The van der Waals surface area contributed by atoms with Crippen LogP contribution in [-0.4, -0.2) is 44.9 Å².